The first kappa shape index (κ1) is 24.8. The molecule has 0 radical (unpaired) electrons. The summed E-state index contributed by atoms with van der Waals surface area (Å²) in [5.41, 5.74) is 1.58. The molecule has 0 aliphatic rings. The summed E-state index contributed by atoms with van der Waals surface area (Å²) in [7, 11) is 1.73. The molecule has 0 bridgehead atoms. The van der Waals surface area contributed by atoms with E-state index in [-0.39, 0.29) is 12.0 Å². The average molecular weight is 461 g/mol. The third-order valence-electron chi connectivity index (χ3n) is 4.97. The van der Waals surface area contributed by atoms with E-state index in [1.54, 1.807) is 36.3 Å². The number of carbonyl (C=O) groups excluding carboxylic acids is 2. The number of nitrogens with one attached hydrogen (secondary N) is 1. The zero-order valence-corrected chi connectivity index (χ0v) is 20.2. The number of aromatic nitrogens is 1. The van der Waals surface area contributed by atoms with Crippen molar-refractivity contribution in [3.05, 3.63) is 84.6 Å². The number of rotatable bonds is 8. The second-order valence-electron chi connectivity index (χ2n) is 8.94. The molecule has 178 valence electrons. The SMILES string of the molecule is CN(CCCN(c1ccccc1)c1ncccc1NC(=O)c1ccccc1)C(=O)OC(C)(C)C. The summed E-state index contributed by atoms with van der Waals surface area (Å²) in [6, 6.07) is 22.6. The molecule has 0 atom stereocenters. The quantitative estimate of drug-likeness (QED) is 0.465. The van der Waals surface area contributed by atoms with Gasteiger partial charge in [-0.15, -0.1) is 0 Å². The number of anilines is 3. The number of para-hydroxylation sites is 1. The Labute approximate surface area is 201 Å². The van der Waals surface area contributed by atoms with E-state index in [9.17, 15) is 9.59 Å². The zero-order valence-electron chi connectivity index (χ0n) is 20.2. The van der Waals surface area contributed by atoms with Crippen LogP contribution in [-0.2, 0) is 4.74 Å². The highest BCUT2D eigenvalue weighted by molar-refractivity contribution is 6.05. The molecule has 0 spiro atoms. The van der Waals surface area contributed by atoms with Gasteiger partial charge in [-0.3, -0.25) is 4.79 Å². The number of amides is 2. The molecule has 0 aliphatic carbocycles. The minimum Gasteiger partial charge on any atom is -0.444 e. The molecule has 7 heteroatoms. The fourth-order valence-electron chi connectivity index (χ4n) is 3.36. The number of pyridine rings is 1. The van der Waals surface area contributed by atoms with Gasteiger partial charge in [-0.2, -0.15) is 0 Å². The van der Waals surface area contributed by atoms with Gasteiger partial charge in [-0.25, -0.2) is 9.78 Å². The second-order valence-corrected chi connectivity index (χ2v) is 8.94. The minimum absolute atomic E-state index is 0.201. The van der Waals surface area contributed by atoms with Gasteiger partial charge in [-0.05, 0) is 63.6 Å². The Morgan fingerprint density at radius 1 is 0.912 bits per heavy atom. The lowest BCUT2D eigenvalue weighted by Crippen LogP contribution is -2.35. The van der Waals surface area contributed by atoms with Crippen LogP contribution in [0.3, 0.4) is 0 Å². The highest BCUT2D eigenvalue weighted by Crippen LogP contribution is 2.30. The maximum absolute atomic E-state index is 12.8. The fourth-order valence-corrected chi connectivity index (χ4v) is 3.36. The maximum Gasteiger partial charge on any atom is 0.410 e. The number of hydrogen-bond acceptors (Lipinski definition) is 5. The van der Waals surface area contributed by atoms with E-state index >= 15 is 0 Å². The lowest BCUT2D eigenvalue weighted by molar-refractivity contribution is 0.0298. The predicted octanol–water partition coefficient (Wildman–Crippen LogP) is 5.73. The van der Waals surface area contributed by atoms with Crippen molar-refractivity contribution in [2.24, 2.45) is 0 Å². The van der Waals surface area contributed by atoms with Gasteiger partial charge in [-0.1, -0.05) is 36.4 Å². The molecule has 0 unspecified atom stereocenters. The molecule has 0 saturated carbocycles. The highest BCUT2D eigenvalue weighted by Gasteiger charge is 2.21. The molecule has 34 heavy (non-hydrogen) atoms. The van der Waals surface area contributed by atoms with Crippen molar-refractivity contribution in [2.45, 2.75) is 32.8 Å². The monoisotopic (exact) mass is 460 g/mol. The summed E-state index contributed by atoms with van der Waals surface area (Å²) in [5, 5.41) is 2.99. The topological polar surface area (TPSA) is 74.8 Å². The molecule has 2 aromatic carbocycles. The van der Waals surface area contributed by atoms with Gasteiger partial charge in [0.15, 0.2) is 5.82 Å². The second kappa shape index (κ2) is 11.3. The van der Waals surface area contributed by atoms with E-state index in [4.69, 9.17) is 4.74 Å². The average Bonchev–Trinajstić information content (AvgIpc) is 2.82. The minimum atomic E-state index is -0.540. The van der Waals surface area contributed by atoms with Crippen molar-refractivity contribution in [3.8, 4) is 0 Å². The van der Waals surface area contributed by atoms with Crippen LogP contribution in [0.5, 0.6) is 0 Å². The summed E-state index contributed by atoms with van der Waals surface area (Å²) in [5.74, 6) is 0.436. The summed E-state index contributed by atoms with van der Waals surface area (Å²) >= 11 is 0. The maximum atomic E-state index is 12.8. The molecule has 1 N–H and O–H groups in total. The van der Waals surface area contributed by atoms with Gasteiger partial charge < -0.3 is 19.9 Å². The molecule has 7 nitrogen and oxygen atoms in total. The summed E-state index contributed by atoms with van der Waals surface area (Å²) < 4.78 is 5.44. The van der Waals surface area contributed by atoms with Gasteiger partial charge in [0.25, 0.3) is 5.91 Å². The Balaban J connectivity index is 1.78. The Morgan fingerprint density at radius 2 is 1.56 bits per heavy atom. The van der Waals surface area contributed by atoms with Crippen LogP contribution in [0, 0.1) is 0 Å². The summed E-state index contributed by atoms with van der Waals surface area (Å²) in [4.78, 5) is 33.3. The Morgan fingerprint density at radius 3 is 2.21 bits per heavy atom. The van der Waals surface area contributed by atoms with Gasteiger partial charge in [0, 0.05) is 37.6 Å². The van der Waals surface area contributed by atoms with Crippen molar-refractivity contribution in [1.29, 1.82) is 0 Å². The van der Waals surface area contributed by atoms with E-state index in [0.717, 1.165) is 5.69 Å². The van der Waals surface area contributed by atoms with Crippen molar-refractivity contribution < 1.29 is 14.3 Å². The van der Waals surface area contributed by atoms with Crippen LogP contribution in [0.1, 0.15) is 37.6 Å². The number of carbonyl (C=O) groups is 2. The highest BCUT2D eigenvalue weighted by atomic mass is 16.6. The number of nitrogens with zero attached hydrogens (tertiary/aromatic N) is 3. The third kappa shape index (κ3) is 7.07. The normalized spacial score (nSPS) is 10.9. The number of benzene rings is 2. The first-order chi connectivity index (χ1) is 16.2. The van der Waals surface area contributed by atoms with Crippen molar-refractivity contribution >= 4 is 29.2 Å². The van der Waals surface area contributed by atoms with E-state index in [1.807, 2.05) is 80.3 Å². The molecule has 0 saturated heterocycles. The van der Waals surface area contributed by atoms with Gasteiger partial charge in [0.2, 0.25) is 0 Å². The van der Waals surface area contributed by atoms with Crippen molar-refractivity contribution in [3.63, 3.8) is 0 Å². The Kier molecular flexibility index (Phi) is 8.24. The van der Waals surface area contributed by atoms with E-state index in [0.29, 0.717) is 36.6 Å². The van der Waals surface area contributed by atoms with Crippen LogP contribution >= 0.6 is 0 Å². The number of hydrogen-bond donors (Lipinski definition) is 1. The van der Waals surface area contributed by atoms with Crippen LogP contribution in [0.15, 0.2) is 79.0 Å². The van der Waals surface area contributed by atoms with Crippen LogP contribution in [0.25, 0.3) is 0 Å². The predicted molar refractivity (Wildman–Crippen MR) is 136 cm³/mol. The lowest BCUT2D eigenvalue weighted by Gasteiger charge is -2.28. The van der Waals surface area contributed by atoms with Gasteiger partial charge in [0.05, 0.1) is 5.69 Å². The molecular formula is C27H32N4O3. The van der Waals surface area contributed by atoms with E-state index in [2.05, 4.69) is 10.3 Å². The van der Waals surface area contributed by atoms with Crippen molar-refractivity contribution in [2.75, 3.05) is 30.4 Å². The zero-order chi connectivity index (χ0) is 24.6. The molecule has 3 aromatic rings. The Bertz CT molecular complexity index is 1080. The molecule has 1 heterocycles. The molecular weight excluding hydrogens is 428 g/mol. The summed E-state index contributed by atoms with van der Waals surface area (Å²) in [6.45, 7) is 6.64. The number of ether oxygens (including phenoxy) is 1. The first-order valence-corrected chi connectivity index (χ1v) is 11.3. The van der Waals surface area contributed by atoms with Crippen LogP contribution in [-0.4, -0.2) is 47.6 Å². The molecule has 0 aliphatic heterocycles. The fraction of sp³-hybridized carbons (Fsp3) is 0.296. The lowest BCUT2D eigenvalue weighted by atomic mass is 10.2. The molecule has 2 amide bonds. The van der Waals surface area contributed by atoms with Crippen LogP contribution in [0.2, 0.25) is 0 Å². The van der Waals surface area contributed by atoms with Gasteiger partial charge in [0.1, 0.15) is 5.60 Å². The van der Waals surface area contributed by atoms with Gasteiger partial charge >= 0.3 is 6.09 Å². The molecule has 1 aromatic heterocycles. The first-order valence-electron chi connectivity index (χ1n) is 11.3. The third-order valence-corrected chi connectivity index (χ3v) is 4.97. The van der Waals surface area contributed by atoms with Crippen LogP contribution in [0.4, 0.5) is 22.0 Å². The Hall–Kier alpha value is -3.87. The molecule has 0 fully saturated rings. The van der Waals surface area contributed by atoms with E-state index < -0.39 is 5.60 Å². The van der Waals surface area contributed by atoms with Crippen molar-refractivity contribution in [1.82, 2.24) is 9.88 Å². The van der Waals surface area contributed by atoms with Crippen LogP contribution < -0.4 is 10.2 Å². The van der Waals surface area contributed by atoms with E-state index in [1.165, 1.54) is 0 Å². The summed E-state index contributed by atoms with van der Waals surface area (Å²) in [6.07, 6.45) is 2.02. The molecule has 3 rings (SSSR count). The smallest absolute Gasteiger partial charge is 0.410 e. The largest absolute Gasteiger partial charge is 0.444 e. The standard InChI is InChI=1S/C27H32N4O3/c1-27(2,3)34-26(33)30(4)19-12-20-31(22-15-9-6-10-16-22)24-23(17-11-18-28-24)29-25(32)21-13-7-5-8-14-21/h5-11,13-18H,12,19-20H2,1-4H3,(H,29,32).